The molecule has 2 nitrogen and oxygen atoms in total. The predicted octanol–water partition coefficient (Wildman–Crippen LogP) is 5.34. The topological polar surface area (TPSA) is 25.8 Å². The number of benzene rings is 1. The average Bonchev–Trinajstić information content (AvgIpc) is 2.42. The highest BCUT2D eigenvalue weighted by Gasteiger charge is 2.28. The van der Waals surface area contributed by atoms with E-state index in [9.17, 15) is 0 Å². The first-order valence-corrected chi connectivity index (χ1v) is 7.80. The van der Waals surface area contributed by atoms with E-state index in [1.54, 1.807) is 0 Å². The fourth-order valence-electron chi connectivity index (χ4n) is 2.08. The zero-order chi connectivity index (χ0) is 14.9. The maximum atomic E-state index is 6.26. The van der Waals surface area contributed by atoms with Gasteiger partial charge in [0, 0.05) is 5.41 Å². The van der Waals surface area contributed by atoms with Crippen LogP contribution in [-0.2, 0) is 5.41 Å². The summed E-state index contributed by atoms with van der Waals surface area (Å²) in [5, 5.41) is 0.475. The smallest absolute Gasteiger partial charge is 0.147 e. The molecule has 4 heteroatoms. The molecule has 2 rings (SSSR count). The molecule has 0 fully saturated rings. The van der Waals surface area contributed by atoms with Crippen molar-refractivity contribution in [1.29, 1.82) is 0 Å². The molecule has 1 aromatic heterocycles. The van der Waals surface area contributed by atoms with Gasteiger partial charge in [-0.25, -0.2) is 9.97 Å². The van der Waals surface area contributed by atoms with Crippen LogP contribution < -0.4 is 0 Å². The van der Waals surface area contributed by atoms with Gasteiger partial charge < -0.3 is 0 Å². The monoisotopic (exact) mass is 352 g/mol. The Bertz CT molecular complexity index is 609. The molecule has 20 heavy (non-hydrogen) atoms. The van der Waals surface area contributed by atoms with Crippen LogP contribution in [0.1, 0.15) is 50.7 Å². The van der Waals surface area contributed by atoms with Gasteiger partial charge in [-0.3, -0.25) is 0 Å². The van der Waals surface area contributed by atoms with Gasteiger partial charge in [0.15, 0.2) is 0 Å². The Kier molecular flexibility index (Phi) is 4.50. The molecule has 1 aromatic carbocycles. The first-order valence-electron chi connectivity index (χ1n) is 6.63. The van der Waals surface area contributed by atoms with Gasteiger partial charge in [-0.2, -0.15) is 0 Å². The zero-order valence-corrected chi connectivity index (χ0v) is 14.5. The molecular weight excluding hydrogens is 336 g/mol. The molecule has 0 radical (unpaired) electrons. The van der Waals surface area contributed by atoms with Gasteiger partial charge in [0.05, 0.1) is 10.2 Å². The van der Waals surface area contributed by atoms with Crippen LogP contribution in [0.2, 0.25) is 5.15 Å². The highest BCUT2D eigenvalue weighted by Crippen LogP contribution is 2.34. The van der Waals surface area contributed by atoms with E-state index in [2.05, 4.69) is 60.7 Å². The molecule has 0 atom stereocenters. The number of aromatic nitrogens is 2. The first-order chi connectivity index (χ1) is 9.34. The maximum absolute atomic E-state index is 6.26. The van der Waals surface area contributed by atoms with Crippen LogP contribution in [0.25, 0.3) is 0 Å². The van der Waals surface area contributed by atoms with Crippen molar-refractivity contribution in [1.82, 2.24) is 9.97 Å². The summed E-state index contributed by atoms with van der Waals surface area (Å²) in [7, 11) is 0. The Morgan fingerprint density at radius 3 is 2.25 bits per heavy atom. The number of hydrogen-bond acceptors (Lipinski definition) is 2. The summed E-state index contributed by atoms with van der Waals surface area (Å²) >= 11 is 9.74. The molecule has 0 bridgehead atoms. The van der Waals surface area contributed by atoms with Crippen molar-refractivity contribution in [2.45, 2.75) is 39.0 Å². The molecule has 0 aliphatic rings. The minimum Gasteiger partial charge on any atom is -0.235 e. The van der Waals surface area contributed by atoms with Crippen LogP contribution in [0.4, 0.5) is 0 Å². The summed E-state index contributed by atoms with van der Waals surface area (Å²) < 4.78 is 0.793. The number of hydrogen-bond donors (Lipinski definition) is 0. The van der Waals surface area contributed by atoms with Gasteiger partial charge >= 0.3 is 0 Å². The Morgan fingerprint density at radius 2 is 1.70 bits per heavy atom. The molecule has 0 spiro atoms. The van der Waals surface area contributed by atoms with Crippen molar-refractivity contribution in [3.05, 3.63) is 57.0 Å². The second kappa shape index (κ2) is 5.82. The average molecular weight is 354 g/mol. The third-order valence-corrected chi connectivity index (χ3v) is 4.72. The van der Waals surface area contributed by atoms with Crippen LogP contribution in [0.15, 0.2) is 34.8 Å². The zero-order valence-electron chi connectivity index (χ0n) is 12.1. The Labute approximate surface area is 133 Å². The number of rotatable bonds is 3. The first kappa shape index (κ1) is 15.5. The third kappa shape index (κ3) is 2.89. The minimum atomic E-state index is -0.282. The van der Waals surface area contributed by atoms with Gasteiger partial charge in [-0.05, 0) is 41.3 Å². The van der Waals surface area contributed by atoms with Crippen molar-refractivity contribution >= 4 is 27.5 Å². The fraction of sp³-hybridized carbons (Fsp3) is 0.375. The Morgan fingerprint density at radius 1 is 1.10 bits per heavy atom. The summed E-state index contributed by atoms with van der Waals surface area (Å²) in [4.78, 5) is 9.21. The van der Waals surface area contributed by atoms with E-state index in [0.29, 0.717) is 5.15 Å². The lowest BCUT2D eigenvalue weighted by molar-refractivity contribution is 0.580. The molecule has 2 aromatic rings. The van der Waals surface area contributed by atoms with Crippen LogP contribution in [0.5, 0.6) is 0 Å². The SMILES string of the molecule is CC(C)c1nc(C(C)(C)c2ccccc2)nc(Cl)c1Br. The van der Waals surface area contributed by atoms with Gasteiger partial charge in [-0.15, -0.1) is 0 Å². The van der Waals surface area contributed by atoms with Crippen molar-refractivity contribution in [2.24, 2.45) is 0 Å². The molecule has 0 amide bonds. The highest BCUT2D eigenvalue weighted by molar-refractivity contribution is 9.10. The van der Waals surface area contributed by atoms with E-state index in [4.69, 9.17) is 16.6 Å². The molecule has 106 valence electrons. The van der Waals surface area contributed by atoms with Crippen LogP contribution in [-0.4, -0.2) is 9.97 Å². The molecular formula is C16H18BrClN2. The lowest BCUT2D eigenvalue weighted by atomic mass is 9.83. The molecule has 0 unspecified atom stereocenters. The van der Waals surface area contributed by atoms with E-state index >= 15 is 0 Å². The van der Waals surface area contributed by atoms with Crippen molar-refractivity contribution in [3.63, 3.8) is 0 Å². The van der Waals surface area contributed by atoms with Crippen molar-refractivity contribution in [2.75, 3.05) is 0 Å². The second-order valence-corrected chi connectivity index (χ2v) is 6.83. The summed E-state index contributed by atoms with van der Waals surface area (Å²) in [6, 6.07) is 10.2. The van der Waals surface area contributed by atoms with Crippen molar-refractivity contribution < 1.29 is 0 Å². The van der Waals surface area contributed by atoms with E-state index < -0.39 is 0 Å². The van der Waals surface area contributed by atoms with Crippen molar-refractivity contribution in [3.8, 4) is 0 Å². The molecule has 0 N–H and O–H groups in total. The molecule has 0 saturated carbocycles. The van der Waals surface area contributed by atoms with E-state index in [1.165, 1.54) is 5.56 Å². The van der Waals surface area contributed by atoms with E-state index in [1.807, 2.05) is 18.2 Å². The van der Waals surface area contributed by atoms with E-state index in [0.717, 1.165) is 16.0 Å². The molecule has 0 aliphatic heterocycles. The second-order valence-electron chi connectivity index (χ2n) is 5.68. The highest BCUT2D eigenvalue weighted by atomic mass is 79.9. The predicted molar refractivity (Wildman–Crippen MR) is 87.4 cm³/mol. The Hall–Kier alpha value is -0.930. The standard InChI is InChI=1S/C16H18BrClN2/c1-10(2)13-12(17)14(18)20-15(19-13)16(3,4)11-8-6-5-7-9-11/h5-10H,1-4H3. The van der Waals surface area contributed by atoms with Crippen LogP contribution >= 0.6 is 27.5 Å². The van der Waals surface area contributed by atoms with Crippen LogP contribution in [0, 0.1) is 0 Å². The summed E-state index contributed by atoms with van der Waals surface area (Å²) in [5.41, 5.74) is 1.84. The van der Waals surface area contributed by atoms with Gasteiger partial charge in [0.2, 0.25) is 0 Å². The molecule has 1 heterocycles. The maximum Gasteiger partial charge on any atom is 0.147 e. The molecule has 0 saturated heterocycles. The van der Waals surface area contributed by atoms with Crippen LogP contribution in [0.3, 0.4) is 0 Å². The van der Waals surface area contributed by atoms with Gasteiger partial charge in [0.1, 0.15) is 11.0 Å². The summed E-state index contributed by atoms with van der Waals surface area (Å²) in [5.74, 6) is 1.04. The Balaban J connectivity index is 2.58. The largest absolute Gasteiger partial charge is 0.235 e. The summed E-state index contributed by atoms with van der Waals surface area (Å²) in [6.45, 7) is 8.43. The number of halogens is 2. The van der Waals surface area contributed by atoms with E-state index in [-0.39, 0.29) is 11.3 Å². The quantitative estimate of drug-likeness (QED) is 0.696. The molecule has 0 aliphatic carbocycles. The fourth-order valence-corrected chi connectivity index (χ4v) is 2.89. The van der Waals surface area contributed by atoms with Gasteiger partial charge in [0.25, 0.3) is 0 Å². The lowest BCUT2D eigenvalue weighted by Gasteiger charge is -2.25. The minimum absolute atomic E-state index is 0.282. The summed E-state index contributed by atoms with van der Waals surface area (Å²) in [6.07, 6.45) is 0. The third-order valence-electron chi connectivity index (χ3n) is 3.44. The number of nitrogens with zero attached hydrogens (tertiary/aromatic N) is 2. The normalized spacial score (nSPS) is 11.9. The van der Waals surface area contributed by atoms with Gasteiger partial charge in [-0.1, -0.05) is 55.8 Å². The lowest BCUT2D eigenvalue weighted by Crippen LogP contribution is -2.23.